The lowest BCUT2D eigenvalue weighted by atomic mass is 10.1. The molecule has 1 amide bonds. The van der Waals surface area contributed by atoms with E-state index in [-0.39, 0.29) is 33.5 Å². The van der Waals surface area contributed by atoms with Crippen LogP contribution in [0.25, 0.3) is 10.6 Å². The van der Waals surface area contributed by atoms with E-state index in [0.29, 0.717) is 17.0 Å². The summed E-state index contributed by atoms with van der Waals surface area (Å²) in [4.78, 5) is 17.3. The number of aromatic hydroxyl groups is 1. The predicted molar refractivity (Wildman–Crippen MR) is 120 cm³/mol. The quantitative estimate of drug-likeness (QED) is 0.325. The standard InChI is InChI=1S/C19H15ClF2N2O3S.C3H5F3/c1-2-14-16(8-25)28-19(23-14)9-7-15(26)10(6-13(9)22)18(27)24-17-11(20)4-3-5-12(17)21;1-2-3(4,5)6/h3-7,25-26H,2,8H2,1H3,(H,24,27);2H2,1H3. The molecule has 2 aromatic carbocycles. The minimum atomic E-state index is -3.96. The van der Waals surface area contributed by atoms with E-state index in [1.807, 2.05) is 6.92 Å². The average molecular weight is 523 g/mol. The van der Waals surface area contributed by atoms with Crippen LogP contribution in [0.2, 0.25) is 5.02 Å². The number of anilines is 1. The lowest BCUT2D eigenvalue weighted by Crippen LogP contribution is -2.14. The molecule has 0 atom stereocenters. The molecule has 0 unspecified atom stereocenters. The minimum Gasteiger partial charge on any atom is -0.507 e. The Labute approximate surface area is 200 Å². The molecule has 3 N–H and O–H groups in total. The number of phenols is 1. The summed E-state index contributed by atoms with van der Waals surface area (Å²) in [5.74, 6) is -2.97. The summed E-state index contributed by atoms with van der Waals surface area (Å²) in [6.45, 7) is 2.71. The first-order chi connectivity index (χ1) is 15.9. The van der Waals surface area contributed by atoms with Crippen LogP contribution in [0.15, 0.2) is 30.3 Å². The largest absolute Gasteiger partial charge is 0.507 e. The Balaban J connectivity index is 0.000000604. The number of phenolic OH excluding ortho intramolecular Hbond substituents is 1. The fourth-order valence-electron chi connectivity index (χ4n) is 2.60. The number of aliphatic hydroxyl groups excluding tert-OH is 1. The topological polar surface area (TPSA) is 82.5 Å². The number of nitrogens with zero attached hydrogens (tertiary/aromatic N) is 1. The summed E-state index contributed by atoms with van der Waals surface area (Å²) in [6, 6.07) is 5.79. The van der Waals surface area contributed by atoms with Crippen LogP contribution in [0, 0.1) is 11.6 Å². The molecule has 0 fully saturated rings. The van der Waals surface area contributed by atoms with Gasteiger partial charge in [-0.05, 0) is 30.7 Å². The summed E-state index contributed by atoms with van der Waals surface area (Å²) in [6.07, 6.45) is -4.13. The molecule has 12 heteroatoms. The number of alkyl halides is 3. The van der Waals surface area contributed by atoms with Crippen molar-refractivity contribution in [3.63, 3.8) is 0 Å². The number of rotatable bonds is 5. The molecule has 3 rings (SSSR count). The van der Waals surface area contributed by atoms with Gasteiger partial charge in [-0.25, -0.2) is 13.8 Å². The van der Waals surface area contributed by atoms with Crippen molar-refractivity contribution in [1.82, 2.24) is 4.98 Å². The van der Waals surface area contributed by atoms with Crippen LogP contribution < -0.4 is 5.32 Å². The Morgan fingerprint density at radius 2 is 1.82 bits per heavy atom. The molecule has 0 aliphatic carbocycles. The van der Waals surface area contributed by atoms with Crippen LogP contribution in [0.5, 0.6) is 5.75 Å². The number of thiazole rings is 1. The highest BCUT2D eigenvalue weighted by molar-refractivity contribution is 7.15. The number of benzene rings is 2. The molecule has 0 saturated carbocycles. The maximum absolute atomic E-state index is 14.6. The van der Waals surface area contributed by atoms with Crippen molar-refractivity contribution in [2.75, 3.05) is 5.32 Å². The van der Waals surface area contributed by atoms with Gasteiger partial charge < -0.3 is 15.5 Å². The molecule has 1 aromatic heterocycles. The molecule has 5 nitrogen and oxygen atoms in total. The SMILES string of the molecule is CCC(F)(F)F.CCc1nc(-c2cc(O)c(C(=O)Nc3c(F)cccc3Cl)cc2F)sc1CO. The Bertz CT molecular complexity index is 1130. The van der Waals surface area contributed by atoms with E-state index in [9.17, 15) is 37.0 Å². The number of carbonyl (C=O) groups is 1. The van der Waals surface area contributed by atoms with Gasteiger partial charge in [-0.15, -0.1) is 11.3 Å². The van der Waals surface area contributed by atoms with Gasteiger partial charge in [-0.1, -0.05) is 31.5 Å². The van der Waals surface area contributed by atoms with Crippen LogP contribution >= 0.6 is 22.9 Å². The summed E-state index contributed by atoms with van der Waals surface area (Å²) in [7, 11) is 0. The molecule has 3 aromatic rings. The number of aliphatic hydroxyl groups is 1. The van der Waals surface area contributed by atoms with E-state index < -0.39 is 35.9 Å². The Hall–Kier alpha value is -2.76. The molecule has 0 saturated heterocycles. The highest BCUT2D eigenvalue weighted by Gasteiger charge is 2.23. The molecule has 0 aliphatic heterocycles. The first kappa shape index (κ1) is 27.5. The lowest BCUT2D eigenvalue weighted by molar-refractivity contribution is -0.130. The van der Waals surface area contributed by atoms with Gasteiger partial charge in [0.05, 0.1) is 33.5 Å². The van der Waals surface area contributed by atoms with Gasteiger partial charge in [0, 0.05) is 12.0 Å². The molecule has 0 spiro atoms. The lowest BCUT2D eigenvalue weighted by Gasteiger charge is -2.10. The highest BCUT2D eigenvalue weighted by atomic mass is 35.5. The number of amides is 1. The number of nitrogens with one attached hydrogen (secondary N) is 1. The fourth-order valence-corrected chi connectivity index (χ4v) is 3.84. The van der Waals surface area contributed by atoms with Crippen molar-refractivity contribution < 1.29 is 37.0 Å². The van der Waals surface area contributed by atoms with E-state index in [4.69, 9.17) is 11.6 Å². The third kappa shape index (κ3) is 6.87. The number of hydrogen-bond donors (Lipinski definition) is 3. The van der Waals surface area contributed by atoms with Crippen LogP contribution in [0.4, 0.5) is 27.6 Å². The molecular formula is C22H20ClF5N2O3S. The zero-order valence-corrected chi connectivity index (χ0v) is 19.5. The second-order valence-electron chi connectivity index (χ2n) is 6.77. The molecule has 0 aliphatic rings. The van der Waals surface area contributed by atoms with Crippen molar-refractivity contribution >= 4 is 34.5 Å². The van der Waals surface area contributed by atoms with Gasteiger partial charge in [-0.2, -0.15) is 13.2 Å². The number of aromatic nitrogens is 1. The molecule has 0 radical (unpaired) electrons. The van der Waals surface area contributed by atoms with Gasteiger partial charge in [0.15, 0.2) is 0 Å². The van der Waals surface area contributed by atoms with Crippen molar-refractivity contribution in [3.05, 3.63) is 63.1 Å². The zero-order valence-electron chi connectivity index (χ0n) is 17.9. The van der Waals surface area contributed by atoms with Crippen LogP contribution in [0.1, 0.15) is 41.2 Å². The van der Waals surface area contributed by atoms with Crippen molar-refractivity contribution in [2.45, 2.75) is 39.5 Å². The third-order valence-electron chi connectivity index (χ3n) is 4.42. The van der Waals surface area contributed by atoms with Crippen molar-refractivity contribution in [3.8, 4) is 16.3 Å². The summed E-state index contributed by atoms with van der Waals surface area (Å²) in [5, 5.41) is 22.1. The number of hydrogen-bond acceptors (Lipinski definition) is 5. The van der Waals surface area contributed by atoms with E-state index in [0.717, 1.165) is 36.5 Å². The highest BCUT2D eigenvalue weighted by Crippen LogP contribution is 2.35. The monoisotopic (exact) mass is 522 g/mol. The molecule has 1 heterocycles. The van der Waals surface area contributed by atoms with Crippen molar-refractivity contribution in [2.24, 2.45) is 0 Å². The predicted octanol–water partition coefficient (Wildman–Crippen LogP) is 6.71. The third-order valence-corrected chi connectivity index (χ3v) is 5.85. The van der Waals surface area contributed by atoms with E-state index in [1.54, 1.807) is 0 Å². The van der Waals surface area contributed by atoms with Gasteiger partial charge >= 0.3 is 6.18 Å². The normalized spacial score (nSPS) is 11.1. The average Bonchev–Trinajstić information content (AvgIpc) is 3.20. The molecule has 0 bridgehead atoms. The summed E-state index contributed by atoms with van der Waals surface area (Å²) in [5.41, 5.74) is -0.0110. The second-order valence-corrected chi connectivity index (χ2v) is 8.26. The summed E-state index contributed by atoms with van der Waals surface area (Å²) < 4.78 is 60.8. The smallest absolute Gasteiger partial charge is 0.388 e. The van der Waals surface area contributed by atoms with Gasteiger partial charge in [0.1, 0.15) is 22.4 Å². The van der Waals surface area contributed by atoms with E-state index in [1.165, 1.54) is 12.1 Å². The maximum Gasteiger partial charge on any atom is 0.388 e. The van der Waals surface area contributed by atoms with Crippen LogP contribution in [0.3, 0.4) is 0 Å². The Morgan fingerprint density at radius 3 is 2.32 bits per heavy atom. The van der Waals surface area contributed by atoms with Crippen LogP contribution in [-0.2, 0) is 13.0 Å². The fraction of sp³-hybridized carbons (Fsp3) is 0.273. The van der Waals surface area contributed by atoms with Gasteiger partial charge in [-0.3, -0.25) is 4.79 Å². The first-order valence-electron chi connectivity index (χ1n) is 9.86. The van der Waals surface area contributed by atoms with Gasteiger partial charge in [0.2, 0.25) is 0 Å². The zero-order chi connectivity index (χ0) is 25.6. The number of aryl methyl sites for hydroxylation is 1. The van der Waals surface area contributed by atoms with E-state index >= 15 is 0 Å². The number of halogens is 6. The number of carbonyl (C=O) groups excluding carboxylic acids is 1. The summed E-state index contributed by atoms with van der Waals surface area (Å²) >= 11 is 6.96. The Morgan fingerprint density at radius 1 is 1.18 bits per heavy atom. The molecular weight excluding hydrogens is 503 g/mol. The van der Waals surface area contributed by atoms with Crippen molar-refractivity contribution in [1.29, 1.82) is 0 Å². The number of para-hydroxylation sites is 1. The molecule has 34 heavy (non-hydrogen) atoms. The molecule has 184 valence electrons. The second kappa shape index (κ2) is 11.6. The maximum atomic E-state index is 14.6. The van der Waals surface area contributed by atoms with Gasteiger partial charge in [0.25, 0.3) is 5.91 Å². The van der Waals surface area contributed by atoms with E-state index in [2.05, 4.69) is 10.3 Å². The minimum absolute atomic E-state index is 0.00243. The first-order valence-corrected chi connectivity index (χ1v) is 11.1. The van der Waals surface area contributed by atoms with Crippen LogP contribution in [-0.4, -0.2) is 27.3 Å². The Kier molecular flexibility index (Phi) is 9.37.